The fraction of sp³-hybridized carbons (Fsp3) is 0.611. The zero-order valence-electron chi connectivity index (χ0n) is 15.2. The van der Waals surface area contributed by atoms with Gasteiger partial charge < -0.3 is 30.0 Å². The van der Waals surface area contributed by atoms with Gasteiger partial charge >= 0.3 is 0 Å². The molecule has 7 heteroatoms. The number of carbonyl (C=O) groups excluding carboxylic acids is 1. The molecule has 142 valence electrons. The van der Waals surface area contributed by atoms with Crippen molar-refractivity contribution in [2.45, 2.75) is 13.8 Å². The number of benzene rings is 1. The van der Waals surface area contributed by atoms with Gasteiger partial charge in [0.15, 0.2) is 0 Å². The molecule has 0 fully saturated rings. The van der Waals surface area contributed by atoms with Crippen LogP contribution in [-0.2, 0) is 14.2 Å². The summed E-state index contributed by atoms with van der Waals surface area (Å²) in [6, 6.07) is 7.17. The van der Waals surface area contributed by atoms with E-state index in [9.17, 15) is 4.79 Å². The number of amides is 1. The molecule has 0 aliphatic carbocycles. The summed E-state index contributed by atoms with van der Waals surface area (Å²) >= 11 is 0. The van der Waals surface area contributed by atoms with Crippen LogP contribution >= 0.6 is 0 Å². The van der Waals surface area contributed by atoms with Crippen LogP contribution < -0.4 is 15.8 Å². The minimum absolute atomic E-state index is 0.145. The Morgan fingerprint density at radius 1 is 1.08 bits per heavy atom. The zero-order chi connectivity index (χ0) is 18.3. The van der Waals surface area contributed by atoms with E-state index in [1.165, 1.54) is 0 Å². The lowest BCUT2D eigenvalue weighted by Crippen LogP contribution is -2.27. The lowest BCUT2D eigenvalue weighted by molar-refractivity contribution is 0.0163. The number of nitrogens with two attached hydrogens (primary N) is 1. The van der Waals surface area contributed by atoms with Crippen molar-refractivity contribution in [3.05, 3.63) is 29.8 Å². The van der Waals surface area contributed by atoms with Crippen LogP contribution in [0.25, 0.3) is 0 Å². The van der Waals surface area contributed by atoms with Gasteiger partial charge in [-0.25, -0.2) is 0 Å². The standard InChI is InChI=1S/C18H30N2O5/c1-15(2)13-25-17-5-3-4-16(12-17)18(21)20-6-7-22-8-9-23-10-11-24-14-19/h3-5,12,15H,6-11,13-14,19H2,1-2H3,(H,20,21). The Hall–Kier alpha value is -1.67. The molecule has 25 heavy (non-hydrogen) atoms. The first kappa shape index (κ1) is 21.4. The smallest absolute Gasteiger partial charge is 0.251 e. The normalized spacial score (nSPS) is 10.9. The van der Waals surface area contributed by atoms with Crippen molar-refractivity contribution in [1.29, 1.82) is 0 Å². The Morgan fingerprint density at radius 2 is 1.76 bits per heavy atom. The molecule has 0 bridgehead atoms. The molecular formula is C18H30N2O5. The summed E-state index contributed by atoms with van der Waals surface area (Å²) in [7, 11) is 0. The fourth-order valence-electron chi connectivity index (χ4n) is 1.85. The van der Waals surface area contributed by atoms with Crippen LogP contribution in [-0.4, -0.2) is 58.8 Å². The average molecular weight is 354 g/mol. The quantitative estimate of drug-likeness (QED) is 0.388. The molecule has 0 saturated carbocycles. The van der Waals surface area contributed by atoms with E-state index < -0.39 is 0 Å². The van der Waals surface area contributed by atoms with Crippen molar-refractivity contribution in [1.82, 2.24) is 5.32 Å². The van der Waals surface area contributed by atoms with E-state index in [1.54, 1.807) is 12.1 Å². The minimum atomic E-state index is -0.145. The number of nitrogens with one attached hydrogen (secondary N) is 1. The molecule has 1 amide bonds. The van der Waals surface area contributed by atoms with Crippen molar-refractivity contribution >= 4 is 5.91 Å². The number of rotatable bonds is 14. The van der Waals surface area contributed by atoms with E-state index in [4.69, 9.17) is 24.7 Å². The first-order valence-corrected chi connectivity index (χ1v) is 8.58. The summed E-state index contributed by atoms with van der Waals surface area (Å²) in [5, 5.41) is 2.82. The third-order valence-corrected chi connectivity index (χ3v) is 3.07. The Bertz CT molecular complexity index is 482. The molecule has 0 unspecified atom stereocenters. The maximum atomic E-state index is 12.1. The van der Waals surface area contributed by atoms with Crippen molar-refractivity contribution in [3.8, 4) is 5.75 Å². The Morgan fingerprint density at radius 3 is 2.44 bits per heavy atom. The molecular weight excluding hydrogens is 324 g/mol. The van der Waals surface area contributed by atoms with Gasteiger partial charge in [0, 0.05) is 12.1 Å². The van der Waals surface area contributed by atoms with Crippen molar-refractivity contribution < 1.29 is 23.7 Å². The second-order valence-corrected chi connectivity index (χ2v) is 5.79. The lowest BCUT2D eigenvalue weighted by Gasteiger charge is -2.10. The molecule has 0 radical (unpaired) electrons. The summed E-state index contributed by atoms with van der Waals surface area (Å²) in [5.41, 5.74) is 5.76. The number of ether oxygens (including phenoxy) is 4. The van der Waals surface area contributed by atoms with E-state index >= 15 is 0 Å². The van der Waals surface area contributed by atoms with E-state index in [0.29, 0.717) is 63.4 Å². The monoisotopic (exact) mass is 354 g/mol. The summed E-state index contributed by atoms with van der Waals surface area (Å²) < 4.78 is 21.2. The fourth-order valence-corrected chi connectivity index (χ4v) is 1.85. The molecule has 1 rings (SSSR count). The third kappa shape index (κ3) is 10.7. The van der Waals surface area contributed by atoms with Gasteiger partial charge in [-0.1, -0.05) is 19.9 Å². The topological polar surface area (TPSA) is 92.0 Å². The van der Waals surface area contributed by atoms with Gasteiger partial charge in [-0.15, -0.1) is 0 Å². The highest BCUT2D eigenvalue weighted by molar-refractivity contribution is 5.94. The third-order valence-electron chi connectivity index (χ3n) is 3.07. The maximum Gasteiger partial charge on any atom is 0.251 e. The average Bonchev–Trinajstić information content (AvgIpc) is 2.61. The second kappa shape index (κ2) is 13.6. The number of carbonyl (C=O) groups is 1. The Labute approximate surface area is 149 Å². The van der Waals surface area contributed by atoms with Gasteiger partial charge in [-0.05, 0) is 24.1 Å². The maximum absolute atomic E-state index is 12.1. The van der Waals surface area contributed by atoms with Crippen LogP contribution in [0.1, 0.15) is 24.2 Å². The molecule has 1 aromatic rings. The molecule has 0 saturated heterocycles. The van der Waals surface area contributed by atoms with Gasteiger partial charge in [-0.2, -0.15) is 0 Å². The van der Waals surface area contributed by atoms with Crippen LogP contribution in [0.2, 0.25) is 0 Å². The summed E-state index contributed by atoms with van der Waals surface area (Å²) in [5.74, 6) is 0.994. The van der Waals surface area contributed by atoms with E-state index in [-0.39, 0.29) is 12.6 Å². The van der Waals surface area contributed by atoms with Crippen molar-refractivity contribution in [3.63, 3.8) is 0 Å². The first-order valence-electron chi connectivity index (χ1n) is 8.58. The highest BCUT2D eigenvalue weighted by Crippen LogP contribution is 2.14. The van der Waals surface area contributed by atoms with Crippen LogP contribution in [0.15, 0.2) is 24.3 Å². The van der Waals surface area contributed by atoms with Crippen LogP contribution in [0.4, 0.5) is 0 Å². The summed E-state index contributed by atoms with van der Waals surface area (Å²) in [6.45, 7) is 7.77. The molecule has 0 heterocycles. The molecule has 3 N–H and O–H groups in total. The molecule has 7 nitrogen and oxygen atoms in total. The molecule has 0 aliphatic rings. The van der Waals surface area contributed by atoms with Gasteiger partial charge in [0.2, 0.25) is 0 Å². The number of hydrogen-bond acceptors (Lipinski definition) is 6. The van der Waals surface area contributed by atoms with Crippen LogP contribution in [0, 0.1) is 5.92 Å². The minimum Gasteiger partial charge on any atom is -0.493 e. The zero-order valence-corrected chi connectivity index (χ0v) is 15.2. The lowest BCUT2D eigenvalue weighted by atomic mass is 10.2. The first-order chi connectivity index (χ1) is 12.1. The van der Waals surface area contributed by atoms with Gasteiger partial charge in [0.25, 0.3) is 5.91 Å². The molecule has 0 spiro atoms. The molecule has 0 aromatic heterocycles. The van der Waals surface area contributed by atoms with Gasteiger partial charge in [0.05, 0.1) is 46.4 Å². The van der Waals surface area contributed by atoms with Crippen LogP contribution in [0.5, 0.6) is 5.75 Å². The summed E-state index contributed by atoms with van der Waals surface area (Å²) in [4.78, 5) is 12.1. The summed E-state index contributed by atoms with van der Waals surface area (Å²) in [6.07, 6.45) is 0. The van der Waals surface area contributed by atoms with E-state index in [2.05, 4.69) is 19.2 Å². The highest BCUT2D eigenvalue weighted by atomic mass is 16.5. The Balaban J connectivity index is 2.13. The van der Waals surface area contributed by atoms with Crippen molar-refractivity contribution in [2.24, 2.45) is 11.7 Å². The Kier molecular flexibility index (Phi) is 11.6. The van der Waals surface area contributed by atoms with E-state index in [1.807, 2.05) is 12.1 Å². The SMILES string of the molecule is CC(C)COc1cccc(C(=O)NCCOCCOCCOCN)c1. The molecule has 0 atom stereocenters. The number of hydrogen-bond donors (Lipinski definition) is 2. The van der Waals surface area contributed by atoms with Gasteiger partial charge in [0.1, 0.15) is 5.75 Å². The molecule has 0 aliphatic heterocycles. The van der Waals surface area contributed by atoms with Gasteiger partial charge in [-0.3, -0.25) is 4.79 Å². The largest absolute Gasteiger partial charge is 0.493 e. The predicted molar refractivity (Wildman–Crippen MR) is 95.8 cm³/mol. The van der Waals surface area contributed by atoms with Crippen LogP contribution in [0.3, 0.4) is 0 Å². The predicted octanol–water partition coefficient (Wildman–Crippen LogP) is 1.42. The van der Waals surface area contributed by atoms with Crippen molar-refractivity contribution in [2.75, 3.05) is 52.9 Å². The highest BCUT2D eigenvalue weighted by Gasteiger charge is 2.06. The second-order valence-electron chi connectivity index (χ2n) is 5.79. The van der Waals surface area contributed by atoms with E-state index in [0.717, 1.165) is 0 Å². The molecule has 1 aromatic carbocycles.